The van der Waals surface area contributed by atoms with E-state index in [1.54, 1.807) is 6.07 Å². The highest BCUT2D eigenvalue weighted by Gasteiger charge is 2.14. The molecule has 1 aliphatic heterocycles. The van der Waals surface area contributed by atoms with Gasteiger partial charge in [-0.25, -0.2) is 4.39 Å². The summed E-state index contributed by atoms with van der Waals surface area (Å²) >= 11 is 0. The molecule has 0 unspecified atom stereocenters. The van der Waals surface area contributed by atoms with Crippen molar-refractivity contribution in [3.05, 3.63) is 35.1 Å². The molecule has 0 bridgehead atoms. The topological polar surface area (TPSA) is 38.7 Å². The second-order valence-electron chi connectivity index (χ2n) is 4.83. The Balaban J connectivity index is 1.91. The lowest BCUT2D eigenvalue weighted by atomic mass is 10.0. The summed E-state index contributed by atoms with van der Waals surface area (Å²) in [6, 6.07) is 4.45. The van der Waals surface area contributed by atoms with Crippen LogP contribution in [0.15, 0.2) is 18.2 Å². The molecule has 1 N–H and O–H groups in total. The predicted molar refractivity (Wildman–Crippen MR) is 73.6 cm³/mol. The monoisotopic (exact) mass is 278 g/mol. The molecule has 0 aromatic heterocycles. The fourth-order valence-corrected chi connectivity index (χ4v) is 2.17. The highest BCUT2D eigenvalue weighted by atomic mass is 19.1. The van der Waals surface area contributed by atoms with Gasteiger partial charge in [0.2, 0.25) is 0 Å². The van der Waals surface area contributed by atoms with Crippen LogP contribution in [-0.2, 0) is 16.1 Å². The van der Waals surface area contributed by atoms with E-state index in [4.69, 9.17) is 14.6 Å². The van der Waals surface area contributed by atoms with Crippen LogP contribution in [0.4, 0.5) is 4.39 Å². The largest absolute Gasteiger partial charge is 0.384 e. The molecular formula is C16H19FO3. The van der Waals surface area contributed by atoms with Crippen molar-refractivity contribution in [2.45, 2.75) is 19.4 Å². The van der Waals surface area contributed by atoms with E-state index in [0.29, 0.717) is 24.7 Å². The first-order valence-electron chi connectivity index (χ1n) is 6.83. The van der Waals surface area contributed by atoms with Crippen molar-refractivity contribution in [1.82, 2.24) is 0 Å². The van der Waals surface area contributed by atoms with Crippen LogP contribution in [0, 0.1) is 23.6 Å². The van der Waals surface area contributed by atoms with E-state index >= 15 is 0 Å². The Bertz CT molecular complexity index is 484. The van der Waals surface area contributed by atoms with Crippen LogP contribution in [-0.4, -0.2) is 31.5 Å². The number of halogens is 1. The van der Waals surface area contributed by atoms with Gasteiger partial charge in [-0.3, -0.25) is 0 Å². The van der Waals surface area contributed by atoms with Gasteiger partial charge in [-0.2, -0.15) is 0 Å². The fourth-order valence-electron chi connectivity index (χ4n) is 2.17. The summed E-state index contributed by atoms with van der Waals surface area (Å²) in [4.78, 5) is 0. The Morgan fingerprint density at radius 3 is 2.90 bits per heavy atom. The minimum Gasteiger partial charge on any atom is -0.384 e. The van der Waals surface area contributed by atoms with Crippen LogP contribution in [0.1, 0.15) is 24.0 Å². The molecule has 0 atom stereocenters. The number of hydrogen-bond acceptors (Lipinski definition) is 3. The molecule has 2 rings (SSSR count). The van der Waals surface area contributed by atoms with Crippen molar-refractivity contribution in [2.24, 2.45) is 5.92 Å². The first-order valence-corrected chi connectivity index (χ1v) is 6.83. The van der Waals surface area contributed by atoms with E-state index in [2.05, 4.69) is 11.8 Å². The van der Waals surface area contributed by atoms with Crippen LogP contribution < -0.4 is 0 Å². The molecule has 1 aromatic rings. The summed E-state index contributed by atoms with van der Waals surface area (Å²) in [6.07, 6.45) is 2.06. The van der Waals surface area contributed by atoms with Gasteiger partial charge < -0.3 is 14.6 Å². The number of aliphatic hydroxyl groups is 1. The Hall–Kier alpha value is -1.41. The molecular weight excluding hydrogens is 259 g/mol. The fraction of sp³-hybridized carbons (Fsp3) is 0.500. The third kappa shape index (κ3) is 4.61. The summed E-state index contributed by atoms with van der Waals surface area (Å²) in [6.45, 7) is 2.47. The average molecular weight is 278 g/mol. The zero-order valence-electron chi connectivity index (χ0n) is 11.4. The molecule has 0 amide bonds. The Kier molecular flexibility index (Phi) is 6.00. The summed E-state index contributed by atoms with van der Waals surface area (Å²) in [5, 5.41) is 8.72. The van der Waals surface area contributed by atoms with E-state index in [1.807, 2.05) is 0 Å². The third-order valence-corrected chi connectivity index (χ3v) is 3.33. The van der Waals surface area contributed by atoms with Crippen molar-refractivity contribution in [3.8, 4) is 11.8 Å². The van der Waals surface area contributed by atoms with Gasteiger partial charge in [0.25, 0.3) is 0 Å². The number of hydrogen-bond donors (Lipinski definition) is 1. The van der Waals surface area contributed by atoms with Gasteiger partial charge in [-0.15, -0.1) is 0 Å². The highest BCUT2D eigenvalue weighted by Crippen LogP contribution is 2.17. The second-order valence-corrected chi connectivity index (χ2v) is 4.83. The molecule has 108 valence electrons. The van der Waals surface area contributed by atoms with Crippen molar-refractivity contribution >= 4 is 0 Å². The lowest BCUT2D eigenvalue weighted by Gasteiger charge is -2.21. The molecule has 1 aromatic carbocycles. The first kappa shape index (κ1) is 15.0. The van der Waals surface area contributed by atoms with Crippen LogP contribution in [0.3, 0.4) is 0 Å². The number of benzene rings is 1. The third-order valence-electron chi connectivity index (χ3n) is 3.33. The van der Waals surface area contributed by atoms with Crippen molar-refractivity contribution in [1.29, 1.82) is 0 Å². The molecule has 0 saturated carbocycles. The summed E-state index contributed by atoms with van der Waals surface area (Å²) in [7, 11) is 0. The molecule has 0 aliphatic carbocycles. The highest BCUT2D eigenvalue weighted by molar-refractivity contribution is 5.41. The Morgan fingerprint density at radius 1 is 1.35 bits per heavy atom. The zero-order chi connectivity index (χ0) is 14.2. The maximum absolute atomic E-state index is 13.2. The molecule has 1 aliphatic rings. The zero-order valence-corrected chi connectivity index (χ0v) is 11.4. The standard InChI is InChI=1S/C16H19FO3/c17-16-4-3-15(14(10-16)2-1-7-18)12-20-11-13-5-8-19-9-6-13/h3-4,10,13,18H,5-9,11-12H2. The average Bonchev–Trinajstić information content (AvgIpc) is 2.48. The van der Waals surface area contributed by atoms with E-state index in [9.17, 15) is 4.39 Å². The lowest BCUT2D eigenvalue weighted by Crippen LogP contribution is -2.20. The SMILES string of the molecule is OCC#Cc1cc(F)ccc1COCC1CCOCC1. The molecule has 1 fully saturated rings. The maximum atomic E-state index is 13.2. The van der Waals surface area contributed by atoms with Crippen molar-refractivity contribution < 1.29 is 19.0 Å². The molecule has 3 nitrogen and oxygen atoms in total. The van der Waals surface area contributed by atoms with Crippen LogP contribution in [0.25, 0.3) is 0 Å². The molecule has 0 radical (unpaired) electrons. The first-order chi connectivity index (χ1) is 9.79. The van der Waals surface area contributed by atoms with E-state index < -0.39 is 0 Å². The summed E-state index contributed by atoms with van der Waals surface area (Å²) in [5.74, 6) is 5.50. The van der Waals surface area contributed by atoms with Gasteiger partial charge in [0.1, 0.15) is 12.4 Å². The van der Waals surface area contributed by atoms with E-state index in [0.717, 1.165) is 31.6 Å². The predicted octanol–water partition coefficient (Wildman–Crippen LogP) is 2.11. The van der Waals surface area contributed by atoms with Gasteiger partial charge in [0, 0.05) is 18.8 Å². The Morgan fingerprint density at radius 2 is 2.15 bits per heavy atom. The minimum absolute atomic E-state index is 0.237. The molecule has 1 heterocycles. The Labute approximate surface area is 118 Å². The minimum atomic E-state index is -0.333. The maximum Gasteiger partial charge on any atom is 0.124 e. The molecule has 20 heavy (non-hydrogen) atoms. The summed E-state index contributed by atoms with van der Waals surface area (Å²) in [5.41, 5.74) is 1.42. The summed E-state index contributed by atoms with van der Waals surface area (Å²) < 4.78 is 24.2. The number of ether oxygens (including phenoxy) is 2. The van der Waals surface area contributed by atoms with Gasteiger partial charge in [0.05, 0.1) is 13.2 Å². The molecule has 0 spiro atoms. The lowest BCUT2D eigenvalue weighted by molar-refractivity contribution is 0.0157. The van der Waals surface area contributed by atoms with Gasteiger partial charge in [-0.05, 0) is 36.5 Å². The van der Waals surface area contributed by atoms with Crippen molar-refractivity contribution in [3.63, 3.8) is 0 Å². The molecule has 4 heteroatoms. The number of aliphatic hydroxyl groups excluding tert-OH is 1. The van der Waals surface area contributed by atoms with Gasteiger partial charge in [0.15, 0.2) is 0 Å². The normalized spacial score (nSPS) is 15.7. The van der Waals surface area contributed by atoms with Crippen LogP contribution in [0.2, 0.25) is 0 Å². The van der Waals surface area contributed by atoms with Crippen molar-refractivity contribution in [2.75, 3.05) is 26.4 Å². The van der Waals surface area contributed by atoms with Gasteiger partial charge in [-0.1, -0.05) is 17.9 Å². The van der Waals surface area contributed by atoms with E-state index in [1.165, 1.54) is 12.1 Å². The van der Waals surface area contributed by atoms with Crippen LogP contribution >= 0.6 is 0 Å². The molecule has 1 saturated heterocycles. The number of rotatable bonds is 4. The quantitative estimate of drug-likeness (QED) is 0.857. The van der Waals surface area contributed by atoms with Gasteiger partial charge >= 0.3 is 0 Å². The van der Waals surface area contributed by atoms with Crippen LogP contribution in [0.5, 0.6) is 0 Å². The van der Waals surface area contributed by atoms with E-state index in [-0.39, 0.29) is 12.4 Å². The second kappa shape index (κ2) is 8.01. The smallest absolute Gasteiger partial charge is 0.124 e.